The maximum absolute atomic E-state index is 13.9. The van der Waals surface area contributed by atoms with Gasteiger partial charge in [-0.15, -0.1) is 0 Å². The molecule has 4 nitrogen and oxygen atoms in total. The molecule has 1 aliphatic rings. The van der Waals surface area contributed by atoms with Crippen LogP contribution in [-0.4, -0.2) is 41.9 Å². The molecule has 1 saturated heterocycles. The number of piperazine rings is 1. The summed E-state index contributed by atoms with van der Waals surface area (Å²) in [5, 5.41) is 0.645. The number of amides is 1. The molecule has 0 spiro atoms. The molecule has 1 heterocycles. The number of hydrogen-bond acceptors (Lipinski definition) is 3. The van der Waals surface area contributed by atoms with Crippen molar-refractivity contribution < 1.29 is 18.3 Å². The van der Waals surface area contributed by atoms with Crippen molar-refractivity contribution in [3.63, 3.8) is 0 Å². The van der Waals surface area contributed by atoms with Crippen LogP contribution in [0.25, 0.3) is 0 Å². The van der Waals surface area contributed by atoms with Crippen LogP contribution in [0.2, 0.25) is 5.02 Å². The van der Waals surface area contributed by atoms with Crippen LogP contribution in [0.1, 0.15) is 21.5 Å². The fourth-order valence-corrected chi connectivity index (χ4v) is 3.82. The van der Waals surface area contributed by atoms with E-state index in [9.17, 15) is 13.6 Å². The molecule has 0 unspecified atom stereocenters. The van der Waals surface area contributed by atoms with Crippen LogP contribution in [-0.2, 0) is 13.2 Å². The Hall–Kier alpha value is -2.96. The van der Waals surface area contributed by atoms with Crippen molar-refractivity contribution in [2.24, 2.45) is 0 Å². The van der Waals surface area contributed by atoms with E-state index in [4.69, 9.17) is 16.3 Å². The van der Waals surface area contributed by atoms with Crippen molar-refractivity contribution in [1.29, 1.82) is 0 Å². The summed E-state index contributed by atoms with van der Waals surface area (Å²) in [4.78, 5) is 16.8. The molecule has 1 aliphatic heterocycles. The van der Waals surface area contributed by atoms with Crippen molar-refractivity contribution in [2.75, 3.05) is 26.2 Å². The largest absolute Gasteiger partial charge is 0.489 e. The molecule has 0 aromatic heterocycles. The lowest BCUT2D eigenvalue weighted by Crippen LogP contribution is -2.48. The molecule has 3 aromatic rings. The van der Waals surface area contributed by atoms with Gasteiger partial charge in [0.2, 0.25) is 0 Å². The van der Waals surface area contributed by atoms with Crippen LogP contribution in [0.15, 0.2) is 66.7 Å². The Bertz CT molecular complexity index is 1080. The Morgan fingerprint density at radius 1 is 0.938 bits per heavy atom. The van der Waals surface area contributed by atoms with E-state index < -0.39 is 11.6 Å². The van der Waals surface area contributed by atoms with Crippen molar-refractivity contribution in [3.05, 3.63) is 100 Å². The van der Waals surface area contributed by atoms with E-state index in [1.165, 1.54) is 6.07 Å². The summed E-state index contributed by atoms with van der Waals surface area (Å²) in [5.74, 6) is -0.980. The highest BCUT2D eigenvalue weighted by Crippen LogP contribution is 2.19. The number of hydrogen-bond donors (Lipinski definition) is 0. The van der Waals surface area contributed by atoms with Gasteiger partial charge >= 0.3 is 0 Å². The Morgan fingerprint density at radius 2 is 1.66 bits per heavy atom. The highest BCUT2D eigenvalue weighted by atomic mass is 35.5. The minimum atomic E-state index is -0.837. The van der Waals surface area contributed by atoms with Gasteiger partial charge in [0.25, 0.3) is 5.91 Å². The Balaban J connectivity index is 1.32. The van der Waals surface area contributed by atoms with Gasteiger partial charge in [0.1, 0.15) is 12.4 Å². The lowest BCUT2D eigenvalue weighted by Gasteiger charge is -2.35. The highest BCUT2D eigenvalue weighted by Gasteiger charge is 2.23. The van der Waals surface area contributed by atoms with Crippen LogP contribution < -0.4 is 4.74 Å². The van der Waals surface area contributed by atoms with E-state index in [-0.39, 0.29) is 5.91 Å². The fourth-order valence-electron chi connectivity index (χ4n) is 3.69. The van der Waals surface area contributed by atoms with Crippen LogP contribution in [0.4, 0.5) is 8.78 Å². The Labute approximate surface area is 191 Å². The third kappa shape index (κ3) is 5.44. The molecule has 0 N–H and O–H groups in total. The molecule has 0 radical (unpaired) electrons. The quantitative estimate of drug-likeness (QED) is 0.514. The van der Waals surface area contributed by atoms with E-state index in [0.717, 1.165) is 11.6 Å². The molecule has 4 rings (SSSR count). The van der Waals surface area contributed by atoms with Gasteiger partial charge in [-0.3, -0.25) is 9.69 Å². The number of benzene rings is 3. The van der Waals surface area contributed by atoms with Gasteiger partial charge in [0, 0.05) is 48.9 Å². The van der Waals surface area contributed by atoms with Gasteiger partial charge in [-0.25, -0.2) is 8.78 Å². The van der Waals surface area contributed by atoms with Gasteiger partial charge in [-0.05, 0) is 48.0 Å². The monoisotopic (exact) mass is 456 g/mol. The predicted molar refractivity (Wildman–Crippen MR) is 120 cm³/mol. The van der Waals surface area contributed by atoms with Gasteiger partial charge < -0.3 is 9.64 Å². The molecular formula is C25H23ClF2N2O2. The molecule has 1 amide bonds. The molecule has 166 valence electrons. The summed E-state index contributed by atoms with van der Waals surface area (Å²) in [6.07, 6.45) is 0. The summed E-state index contributed by atoms with van der Waals surface area (Å²) >= 11 is 5.89. The summed E-state index contributed by atoms with van der Waals surface area (Å²) in [7, 11) is 0. The zero-order valence-corrected chi connectivity index (χ0v) is 18.2. The van der Waals surface area contributed by atoms with Crippen molar-refractivity contribution in [3.8, 4) is 5.75 Å². The Morgan fingerprint density at radius 3 is 2.41 bits per heavy atom. The fraction of sp³-hybridized carbons (Fsp3) is 0.240. The zero-order valence-electron chi connectivity index (χ0n) is 17.4. The number of rotatable bonds is 6. The molecule has 3 aromatic carbocycles. The van der Waals surface area contributed by atoms with Gasteiger partial charge in [-0.1, -0.05) is 35.9 Å². The predicted octanol–water partition coefficient (Wildman–Crippen LogP) is 5.16. The first-order chi connectivity index (χ1) is 15.5. The minimum Gasteiger partial charge on any atom is -0.489 e. The topological polar surface area (TPSA) is 32.8 Å². The SMILES string of the molecule is O=C(c1cccc(COc2ccc(Cl)cc2)c1)N1CCN(Cc2cccc(F)c2F)CC1. The van der Waals surface area contributed by atoms with Crippen LogP contribution >= 0.6 is 11.6 Å². The number of carbonyl (C=O) groups excluding carboxylic acids is 1. The van der Waals surface area contributed by atoms with Crippen molar-refractivity contribution in [1.82, 2.24) is 9.80 Å². The summed E-state index contributed by atoms with van der Waals surface area (Å²) in [6, 6.07) is 18.7. The molecule has 0 aliphatic carbocycles. The van der Waals surface area contributed by atoms with Crippen molar-refractivity contribution >= 4 is 17.5 Å². The second-order valence-electron chi connectivity index (χ2n) is 7.72. The first-order valence-electron chi connectivity index (χ1n) is 10.4. The van der Waals surface area contributed by atoms with Crippen LogP contribution in [0.5, 0.6) is 5.75 Å². The molecule has 32 heavy (non-hydrogen) atoms. The molecule has 1 fully saturated rings. The number of ether oxygens (including phenoxy) is 1. The maximum Gasteiger partial charge on any atom is 0.253 e. The third-order valence-electron chi connectivity index (χ3n) is 5.48. The van der Waals surface area contributed by atoms with E-state index in [2.05, 4.69) is 0 Å². The Kier molecular flexibility index (Phi) is 7.02. The standard InChI is InChI=1S/C25H23ClF2N2O2/c26-21-7-9-22(10-8-21)32-17-18-3-1-4-19(15-18)25(31)30-13-11-29(12-14-30)16-20-5-2-6-23(27)24(20)28/h1-10,15H,11-14,16-17H2. The van der Waals surface area contributed by atoms with Gasteiger partial charge in [0.05, 0.1) is 0 Å². The summed E-state index contributed by atoms with van der Waals surface area (Å²) < 4.78 is 33.1. The second kappa shape index (κ2) is 10.1. The number of carbonyl (C=O) groups is 1. The van der Waals surface area contributed by atoms with Gasteiger partial charge in [0.15, 0.2) is 11.6 Å². The molecule has 0 atom stereocenters. The van der Waals surface area contributed by atoms with E-state index >= 15 is 0 Å². The summed E-state index contributed by atoms with van der Waals surface area (Å²) in [5.41, 5.74) is 1.83. The second-order valence-corrected chi connectivity index (χ2v) is 8.16. The van der Waals surface area contributed by atoms with Crippen LogP contribution in [0.3, 0.4) is 0 Å². The molecule has 0 bridgehead atoms. The first kappa shape index (κ1) is 22.2. The third-order valence-corrected chi connectivity index (χ3v) is 5.73. The smallest absolute Gasteiger partial charge is 0.253 e. The van der Waals surface area contributed by atoms with E-state index in [1.807, 2.05) is 23.1 Å². The highest BCUT2D eigenvalue weighted by molar-refractivity contribution is 6.30. The molecular weight excluding hydrogens is 434 g/mol. The number of halogens is 3. The maximum atomic E-state index is 13.9. The van der Waals surface area contributed by atoms with E-state index in [0.29, 0.717) is 61.2 Å². The average Bonchev–Trinajstić information content (AvgIpc) is 2.82. The lowest BCUT2D eigenvalue weighted by atomic mass is 10.1. The number of nitrogens with zero attached hydrogens (tertiary/aromatic N) is 2. The van der Waals surface area contributed by atoms with E-state index in [1.54, 1.807) is 41.3 Å². The lowest BCUT2D eigenvalue weighted by molar-refractivity contribution is 0.0626. The first-order valence-corrected chi connectivity index (χ1v) is 10.8. The van der Waals surface area contributed by atoms with Crippen LogP contribution in [0, 0.1) is 11.6 Å². The molecule has 0 saturated carbocycles. The van der Waals surface area contributed by atoms with Gasteiger partial charge in [-0.2, -0.15) is 0 Å². The normalized spacial score (nSPS) is 14.4. The average molecular weight is 457 g/mol. The zero-order chi connectivity index (χ0) is 22.5. The minimum absolute atomic E-state index is 0.0464. The summed E-state index contributed by atoms with van der Waals surface area (Å²) in [6.45, 7) is 2.92. The van der Waals surface area contributed by atoms with Crippen molar-refractivity contribution in [2.45, 2.75) is 13.2 Å². The molecule has 7 heteroatoms.